The summed E-state index contributed by atoms with van der Waals surface area (Å²) in [5.74, 6) is -0.156. The maximum Gasteiger partial charge on any atom is 0.257 e. The zero-order chi connectivity index (χ0) is 14.8. The minimum absolute atomic E-state index is 0.156. The Balaban J connectivity index is 1.92. The van der Waals surface area contributed by atoms with Gasteiger partial charge < -0.3 is 9.88 Å². The van der Waals surface area contributed by atoms with Crippen LogP contribution in [0.15, 0.2) is 54.7 Å². The number of hydrogen-bond acceptors (Lipinski definition) is 2. The van der Waals surface area contributed by atoms with Crippen molar-refractivity contribution in [2.75, 3.05) is 5.32 Å². The maximum atomic E-state index is 12.4. The van der Waals surface area contributed by atoms with Gasteiger partial charge in [0, 0.05) is 29.8 Å². The average molecular weight is 275 g/mol. The first-order chi connectivity index (χ1) is 10.2. The summed E-state index contributed by atoms with van der Waals surface area (Å²) < 4.78 is 1.93. The maximum absolute atomic E-state index is 12.4. The van der Waals surface area contributed by atoms with E-state index in [1.807, 2.05) is 42.1 Å². The molecular formula is C17H13N3O. The quantitative estimate of drug-likeness (QED) is 0.780. The summed E-state index contributed by atoms with van der Waals surface area (Å²) in [4.78, 5) is 12.4. The smallest absolute Gasteiger partial charge is 0.257 e. The van der Waals surface area contributed by atoms with Crippen molar-refractivity contribution >= 4 is 22.5 Å². The molecule has 0 spiro atoms. The van der Waals surface area contributed by atoms with Crippen molar-refractivity contribution in [3.8, 4) is 6.07 Å². The van der Waals surface area contributed by atoms with Crippen LogP contribution in [-0.2, 0) is 7.05 Å². The van der Waals surface area contributed by atoms with E-state index in [1.54, 1.807) is 24.3 Å². The number of amides is 1. The summed E-state index contributed by atoms with van der Waals surface area (Å²) in [6, 6.07) is 16.6. The molecule has 1 heterocycles. The summed E-state index contributed by atoms with van der Waals surface area (Å²) in [6.07, 6.45) is 1.82. The minimum Gasteiger partial charge on any atom is -0.350 e. The Morgan fingerprint density at radius 1 is 1.14 bits per heavy atom. The second-order valence-corrected chi connectivity index (χ2v) is 4.81. The zero-order valence-corrected chi connectivity index (χ0v) is 11.5. The van der Waals surface area contributed by atoms with E-state index in [1.165, 1.54) is 0 Å². The van der Waals surface area contributed by atoms with Gasteiger partial charge in [-0.2, -0.15) is 5.26 Å². The van der Waals surface area contributed by atoms with Gasteiger partial charge in [-0.3, -0.25) is 4.79 Å². The summed E-state index contributed by atoms with van der Waals surface area (Å²) in [6.45, 7) is 0. The van der Waals surface area contributed by atoms with Gasteiger partial charge in [0.15, 0.2) is 0 Å². The van der Waals surface area contributed by atoms with E-state index < -0.39 is 0 Å². The van der Waals surface area contributed by atoms with E-state index in [-0.39, 0.29) is 5.91 Å². The van der Waals surface area contributed by atoms with Crippen LogP contribution in [0.4, 0.5) is 5.69 Å². The van der Waals surface area contributed by atoms with E-state index in [0.29, 0.717) is 16.8 Å². The molecule has 0 radical (unpaired) electrons. The van der Waals surface area contributed by atoms with Crippen molar-refractivity contribution in [2.24, 2.45) is 7.05 Å². The van der Waals surface area contributed by atoms with Gasteiger partial charge in [-0.05, 0) is 30.3 Å². The molecule has 0 saturated heterocycles. The average Bonchev–Trinajstić information content (AvgIpc) is 2.86. The highest BCUT2D eigenvalue weighted by Crippen LogP contribution is 2.21. The molecule has 0 fully saturated rings. The topological polar surface area (TPSA) is 57.8 Å². The molecule has 3 rings (SSSR count). The highest BCUT2D eigenvalue weighted by atomic mass is 16.1. The van der Waals surface area contributed by atoms with Crippen molar-refractivity contribution in [1.82, 2.24) is 4.57 Å². The third kappa shape index (κ3) is 2.37. The number of rotatable bonds is 2. The Kier molecular flexibility index (Phi) is 3.17. The van der Waals surface area contributed by atoms with Crippen LogP contribution >= 0.6 is 0 Å². The van der Waals surface area contributed by atoms with Crippen LogP contribution in [0.25, 0.3) is 10.9 Å². The fourth-order valence-corrected chi connectivity index (χ4v) is 2.35. The molecule has 0 aliphatic rings. The molecule has 4 nitrogen and oxygen atoms in total. The first-order valence-electron chi connectivity index (χ1n) is 6.54. The number of aromatic nitrogens is 1. The standard InChI is InChI=1S/C17H13N3O/c1-20-11-15(14-4-2-3-5-16(14)20)17(21)19-13-8-6-12(10-18)7-9-13/h2-9,11H,1H3,(H,19,21). The Hall–Kier alpha value is -3.06. The van der Waals surface area contributed by atoms with Gasteiger partial charge in [-0.15, -0.1) is 0 Å². The molecule has 0 atom stereocenters. The lowest BCUT2D eigenvalue weighted by molar-refractivity contribution is 0.102. The number of fused-ring (bicyclic) bond motifs is 1. The van der Waals surface area contributed by atoms with Crippen LogP contribution in [0, 0.1) is 11.3 Å². The van der Waals surface area contributed by atoms with Gasteiger partial charge in [0.05, 0.1) is 17.2 Å². The predicted molar refractivity (Wildman–Crippen MR) is 82.0 cm³/mol. The number of nitriles is 1. The fourth-order valence-electron chi connectivity index (χ4n) is 2.35. The Bertz CT molecular complexity index is 854. The van der Waals surface area contributed by atoms with E-state index in [4.69, 9.17) is 5.26 Å². The lowest BCUT2D eigenvalue weighted by Gasteiger charge is -2.04. The lowest BCUT2D eigenvalue weighted by atomic mass is 10.1. The van der Waals surface area contributed by atoms with Crippen LogP contribution in [0.2, 0.25) is 0 Å². The summed E-state index contributed by atoms with van der Waals surface area (Å²) in [5.41, 5.74) is 2.89. The van der Waals surface area contributed by atoms with Crippen LogP contribution in [0.3, 0.4) is 0 Å². The van der Waals surface area contributed by atoms with Crippen LogP contribution < -0.4 is 5.32 Å². The molecule has 3 aromatic rings. The number of carbonyl (C=O) groups excluding carboxylic acids is 1. The Labute approximate surface area is 122 Å². The fraction of sp³-hybridized carbons (Fsp3) is 0.0588. The largest absolute Gasteiger partial charge is 0.350 e. The highest BCUT2D eigenvalue weighted by molar-refractivity contribution is 6.12. The molecule has 0 saturated carbocycles. The van der Waals surface area contributed by atoms with Gasteiger partial charge in [0.2, 0.25) is 0 Å². The molecule has 0 bridgehead atoms. The number of para-hydroxylation sites is 1. The number of carbonyl (C=O) groups is 1. The molecular weight excluding hydrogens is 262 g/mol. The summed E-state index contributed by atoms with van der Waals surface area (Å²) >= 11 is 0. The van der Waals surface area contributed by atoms with Gasteiger partial charge in [-0.25, -0.2) is 0 Å². The zero-order valence-electron chi connectivity index (χ0n) is 11.5. The Morgan fingerprint density at radius 3 is 2.57 bits per heavy atom. The third-order valence-electron chi connectivity index (χ3n) is 3.41. The lowest BCUT2D eigenvalue weighted by Crippen LogP contribution is -2.11. The van der Waals surface area contributed by atoms with Crippen molar-refractivity contribution in [1.29, 1.82) is 5.26 Å². The van der Waals surface area contributed by atoms with Crippen molar-refractivity contribution < 1.29 is 4.79 Å². The molecule has 1 amide bonds. The van der Waals surface area contributed by atoms with E-state index in [9.17, 15) is 4.79 Å². The molecule has 21 heavy (non-hydrogen) atoms. The predicted octanol–water partition coefficient (Wildman–Crippen LogP) is 3.30. The van der Waals surface area contributed by atoms with E-state index in [0.717, 1.165) is 10.9 Å². The molecule has 4 heteroatoms. The summed E-state index contributed by atoms with van der Waals surface area (Å²) in [7, 11) is 1.92. The molecule has 0 aliphatic heterocycles. The second-order valence-electron chi connectivity index (χ2n) is 4.81. The van der Waals surface area contributed by atoms with E-state index in [2.05, 4.69) is 11.4 Å². The molecule has 1 aromatic heterocycles. The monoisotopic (exact) mass is 275 g/mol. The SMILES string of the molecule is Cn1cc(C(=O)Nc2ccc(C#N)cc2)c2ccccc21. The first-order valence-corrected chi connectivity index (χ1v) is 6.54. The van der Waals surface area contributed by atoms with Gasteiger partial charge >= 0.3 is 0 Å². The summed E-state index contributed by atoms with van der Waals surface area (Å²) in [5, 5.41) is 12.5. The minimum atomic E-state index is -0.156. The highest BCUT2D eigenvalue weighted by Gasteiger charge is 2.13. The van der Waals surface area contributed by atoms with Crippen LogP contribution in [0.5, 0.6) is 0 Å². The third-order valence-corrected chi connectivity index (χ3v) is 3.41. The molecule has 102 valence electrons. The first kappa shape index (κ1) is 12.9. The van der Waals surface area contributed by atoms with Crippen molar-refractivity contribution in [3.05, 3.63) is 65.9 Å². The second kappa shape index (κ2) is 5.14. The number of nitrogens with one attached hydrogen (secondary N) is 1. The number of nitrogens with zero attached hydrogens (tertiary/aromatic N) is 2. The van der Waals surface area contributed by atoms with Gasteiger partial charge in [0.1, 0.15) is 0 Å². The van der Waals surface area contributed by atoms with Crippen molar-refractivity contribution in [3.63, 3.8) is 0 Å². The number of anilines is 1. The number of hydrogen-bond donors (Lipinski definition) is 1. The molecule has 0 aliphatic carbocycles. The van der Waals surface area contributed by atoms with Gasteiger partial charge in [0.25, 0.3) is 5.91 Å². The Morgan fingerprint density at radius 2 is 1.86 bits per heavy atom. The van der Waals surface area contributed by atoms with Crippen molar-refractivity contribution in [2.45, 2.75) is 0 Å². The molecule has 2 aromatic carbocycles. The number of benzene rings is 2. The molecule has 1 N–H and O–H groups in total. The van der Waals surface area contributed by atoms with Crippen LogP contribution in [-0.4, -0.2) is 10.5 Å². The van der Waals surface area contributed by atoms with Gasteiger partial charge in [-0.1, -0.05) is 18.2 Å². The number of aryl methyl sites for hydroxylation is 1. The normalized spacial score (nSPS) is 10.3. The van der Waals surface area contributed by atoms with E-state index >= 15 is 0 Å². The molecule has 0 unspecified atom stereocenters. The van der Waals surface area contributed by atoms with Crippen LogP contribution in [0.1, 0.15) is 15.9 Å².